The van der Waals surface area contributed by atoms with E-state index in [9.17, 15) is 9.90 Å². The third kappa shape index (κ3) is 2.76. The van der Waals surface area contributed by atoms with Crippen LogP contribution in [0.4, 0.5) is 5.69 Å². The van der Waals surface area contributed by atoms with Crippen molar-refractivity contribution in [3.63, 3.8) is 0 Å². The molecule has 0 radical (unpaired) electrons. The van der Waals surface area contributed by atoms with Gasteiger partial charge in [0.05, 0.1) is 11.2 Å². The van der Waals surface area contributed by atoms with E-state index in [1.807, 2.05) is 13.0 Å². The molecule has 0 saturated heterocycles. The Kier molecular flexibility index (Phi) is 4.59. The molecule has 1 fully saturated rings. The molecule has 1 saturated carbocycles. The summed E-state index contributed by atoms with van der Waals surface area (Å²) in [6, 6.07) is 5.22. The Hall–Kier alpha value is -1.26. The minimum atomic E-state index is -0.741. The van der Waals surface area contributed by atoms with Crippen LogP contribution >= 0.6 is 12.4 Å². The summed E-state index contributed by atoms with van der Waals surface area (Å²) in [7, 11) is 0. The van der Waals surface area contributed by atoms with Crippen LogP contribution in [0.25, 0.3) is 0 Å². The van der Waals surface area contributed by atoms with E-state index in [0.29, 0.717) is 18.5 Å². The quantitative estimate of drug-likeness (QED) is 0.737. The Balaban J connectivity index is 0.00000162. The maximum Gasteiger partial charge on any atom is 0.244 e. The van der Waals surface area contributed by atoms with Gasteiger partial charge in [-0.3, -0.25) is 4.79 Å². The predicted octanol–water partition coefficient (Wildman–Crippen LogP) is 2.20. The summed E-state index contributed by atoms with van der Waals surface area (Å²) >= 11 is 0. The Morgan fingerprint density at radius 1 is 1.50 bits per heavy atom. The second-order valence-electron chi connectivity index (χ2n) is 4.67. The number of hydrogen-bond donors (Lipinski definition) is 3. The topological polar surface area (TPSA) is 75.3 Å². The van der Waals surface area contributed by atoms with Crippen molar-refractivity contribution in [3.05, 3.63) is 23.8 Å². The Labute approximate surface area is 113 Å². The van der Waals surface area contributed by atoms with Crippen molar-refractivity contribution in [2.24, 2.45) is 5.73 Å². The molecule has 18 heavy (non-hydrogen) atoms. The van der Waals surface area contributed by atoms with E-state index in [4.69, 9.17) is 5.73 Å². The van der Waals surface area contributed by atoms with Crippen molar-refractivity contribution in [2.45, 2.75) is 38.1 Å². The number of rotatable bonds is 3. The van der Waals surface area contributed by atoms with Crippen molar-refractivity contribution in [1.29, 1.82) is 0 Å². The fourth-order valence-electron chi connectivity index (χ4n) is 1.93. The molecule has 4 N–H and O–H groups in total. The lowest BCUT2D eigenvalue weighted by atomic mass is 9.77. The number of halogens is 1. The van der Waals surface area contributed by atoms with Crippen LogP contribution in [0.15, 0.2) is 18.2 Å². The van der Waals surface area contributed by atoms with E-state index in [-0.39, 0.29) is 24.1 Å². The van der Waals surface area contributed by atoms with E-state index in [1.165, 1.54) is 0 Å². The molecule has 1 amide bonds. The van der Waals surface area contributed by atoms with Crippen LogP contribution in [0.2, 0.25) is 0 Å². The maximum atomic E-state index is 11.9. The number of hydrogen-bond acceptors (Lipinski definition) is 3. The van der Waals surface area contributed by atoms with Crippen LogP contribution in [0, 0.1) is 0 Å². The number of phenolic OH excluding ortho intramolecular Hbond substituents is 1. The molecule has 0 aromatic heterocycles. The normalized spacial score (nSPS) is 16.3. The number of aromatic hydroxyl groups is 1. The van der Waals surface area contributed by atoms with Gasteiger partial charge in [-0.05, 0) is 43.4 Å². The molecule has 0 heterocycles. The van der Waals surface area contributed by atoms with Gasteiger partial charge in [-0.25, -0.2) is 0 Å². The van der Waals surface area contributed by atoms with Crippen LogP contribution in [0.1, 0.15) is 31.7 Å². The SMILES string of the molecule is CCc1ccc(O)c(NC(=O)C2(N)CCC2)c1.Cl. The van der Waals surface area contributed by atoms with E-state index in [2.05, 4.69) is 5.32 Å². The molecule has 1 aliphatic carbocycles. The average Bonchev–Trinajstić information content (AvgIpc) is 2.28. The van der Waals surface area contributed by atoms with E-state index >= 15 is 0 Å². The molecule has 0 aliphatic heterocycles. The zero-order chi connectivity index (χ0) is 12.5. The zero-order valence-electron chi connectivity index (χ0n) is 10.4. The third-order valence-electron chi connectivity index (χ3n) is 3.42. The molecular formula is C13H19ClN2O2. The van der Waals surface area contributed by atoms with Gasteiger partial charge in [0.2, 0.25) is 5.91 Å². The lowest BCUT2D eigenvalue weighted by molar-refractivity contribution is -0.123. The number of anilines is 1. The second-order valence-corrected chi connectivity index (χ2v) is 4.67. The molecule has 0 atom stereocenters. The Morgan fingerprint density at radius 2 is 2.17 bits per heavy atom. The predicted molar refractivity (Wildman–Crippen MR) is 74.1 cm³/mol. The first-order chi connectivity index (χ1) is 8.05. The summed E-state index contributed by atoms with van der Waals surface area (Å²) in [6.45, 7) is 2.02. The summed E-state index contributed by atoms with van der Waals surface area (Å²) in [5, 5.41) is 12.4. The standard InChI is InChI=1S/C13H18N2O2.ClH/c1-2-9-4-5-11(16)10(8-9)15-12(17)13(14)6-3-7-13;/h4-5,8,16H,2-3,6-7,14H2,1H3,(H,15,17);1H. The van der Waals surface area contributed by atoms with Crippen molar-refractivity contribution in [2.75, 3.05) is 5.32 Å². The maximum absolute atomic E-state index is 11.9. The average molecular weight is 271 g/mol. The van der Waals surface area contributed by atoms with E-state index < -0.39 is 5.54 Å². The van der Waals surface area contributed by atoms with Gasteiger partial charge in [-0.15, -0.1) is 12.4 Å². The summed E-state index contributed by atoms with van der Waals surface area (Å²) in [5.41, 5.74) is 6.70. The highest BCUT2D eigenvalue weighted by Gasteiger charge is 2.40. The molecule has 0 unspecified atom stereocenters. The van der Waals surface area contributed by atoms with Gasteiger partial charge in [0.25, 0.3) is 0 Å². The molecule has 100 valence electrons. The van der Waals surface area contributed by atoms with Crippen molar-refractivity contribution >= 4 is 24.0 Å². The number of nitrogens with two attached hydrogens (primary N) is 1. The highest BCUT2D eigenvalue weighted by atomic mass is 35.5. The first-order valence-corrected chi connectivity index (χ1v) is 5.97. The van der Waals surface area contributed by atoms with Gasteiger partial charge in [0.15, 0.2) is 0 Å². The summed E-state index contributed by atoms with van der Waals surface area (Å²) < 4.78 is 0. The van der Waals surface area contributed by atoms with Crippen LogP contribution in [0.5, 0.6) is 5.75 Å². The van der Waals surface area contributed by atoms with Gasteiger partial charge in [0, 0.05) is 0 Å². The Bertz CT molecular complexity index is 445. The number of benzene rings is 1. The van der Waals surface area contributed by atoms with Gasteiger partial charge in [-0.2, -0.15) is 0 Å². The van der Waals surface area contributed by atoms with Gasteiger partial charge < -0.3 is 16.2 Å². The molecule has 1 aromatic carbocycles. The zero-order valence-corrected chi connectivity index (χ0v) is 11.2. The number of carbonyl (C=O) groups is 1. The van der Waals surface area contributed by atoms with Gasteiger partial charge >= 0.3 is 0 Å². The van der Waals surface area contributed by atoms with Gasteiger partial charge in [0.1, 0.15) is 5.75 Å². The monoisotopic (exact) mass is 270 g/mol. The number of phenols is 1. The molecule has 2 rings (SSSR count). The van der Waals surface area contributed by atoms with E-state index in [0.717, 1.165) is 18.4 Å². The minimum Gasteiger partial charge on any atom is -0.506 e. The number of nitrogens with one attached hydrogen (secondary N) is 1. The van der Waals surface area contributed by atoms with Crippen molar-refractivity contribution in [1.82, 2.24) is 0 Å². The highest BCUT2D eigenvalue weighted by Crippen LogP contribution is 2.32. The number of aryl methyl sites for hydroxylation is 1. The van der Waals surface area contributed by atoms with Crippen LogP contribution in [-0.4, -0.2) is 16.6 Å². The molecule has 4 nitrogen and oxygen atoms in total. The number of amides is 1. The van der Waals surface area contributed by atoms with Crippen LogP contribution < -0.4 is 11.1 Å². The largest absolute Gasteiger partial charge is 0.506 e. The van der Waals surface area contributed by atoms with Gasteiger partial charge in [-0.1, -0.05) is 13.0 Å². The smallest absolute Gasteiger partial charge is 0.244 e. The van der Waals surface area contributed by atoms with Crippen LogP contribution in [0.3, 0.4) is 0 Å². The van der Waals surface area contributed by atoms with Crippen molar-refractivity contribution in [3.8, 4) is 5.75 Å². The molecule has 5 heteroatoms. The molecule has 0 bridgehead atoms. The fourth-order valence-corrected chi connectivity index (χ4v) is 1.93. The van der Waals surface area contributed by atoms with E-state index in [1.54, 1.807) is 12.1 Å². The fraction of sp³-hybridized carbons (Fsp3) is 0.462. The van der Waals surface area contributed by atoms with Crippen molar-refractivity contribution < 1.29 is 9.90 Å². The summed E-state index contributed by atoms with van der Waals surface area (Å²) in [4.78, 5) is 11.9. The molecule has 1 aliphatic rings. The summed E-state index contributed by atoms with van der Waals surface area (Å²) in [5.74, 6) is -0.120. The minimum absolute atomic E-state index is 0. The molecule has 1 aromatic rings. The first kappa shape index (κ1) is 14.8. The Morgan fingerprint density at radius 3 is 2.67 bits per heavy atom. The second kappa shape index (κ2) is 5.59. The molecule has 0 spiro atoms. The molecular weight excluding hydrogens is 252 g/mol. The lowest BCUT2D eigenvalue weighted by Crippen LogP contribution is -2.56. The first-order valence-electron chi connectivity index (χ1n) is 5.97. The third-order valence-corrected chi connectivity index (χ3v) is 3.42. The van der Waals surface area contributed by atoms with Crippen LogP contribution in [-0.2, 0) is 11.2 Å². The lowest BCUT2D eigenvalue weighted by Gasteiger charge is -2.36. The highest BCUT2D eigenvalue weighted by molar-refractivity contribution is 5.99. The summed E-state index contributed by atoms with van der Waals surface area (Å²) in [6.07, 6.45) is 3.28. The number of carbonyl (C=O) groups excluding carboxylic acids is 1.